The van der Waals surface area contributed by atoms with E-state index in [-0.39, 0.29) is 14.2 Å². The number of hydrogen-bond donors (Lipinski definition) is 0. The highest BCUT2D eigenvalue weighted by Crippen LogP contribution is 1.95. The second kappa shape index (κ2) is 9.06. The van der Waals surface area contributed by atoms with Gasteiger partial charge in [-0.2, -0.15) is 0 Å². The average molecular weight is 139 g/mol. The van der Waals surface area contributed by atoms with Crippen molar-refractivity contribution in [3.63, 3.8) is 0 Å². The van der Waals surface area contributed by atoms with Crippen LogP contribution in [-0.2, 0) is 0 Å². The van der Waals surface area contributed by atoms with Gasteiger partial charge in [-0.05, 0) is 6.92 Å². The third-order valence-electron chi connectivity index (χ3n) is 0. The summed E-state index contributed by atoms with van der Waals surface area (Å²) in [4.78, 5) is -0.222. The van der Waals surface area contributed by atoms with Gasteiger partial charge < -0.3 is 0 Å². The van der Waals surface area contributed by atoms with Crippen LogP contribution in [0.4, 0.5) is 9.41 Å². The van der Waals surface area contributed by atoms with Crippen LogP contribution in [0.15, 0.2) is 0 Å². The van der Waals surface area contributed by atoms with Gasteiger partial charge in [0, 0.05) is 0 Å². The van der Waals surface area contributed by atoms with Crippen molar-refractivity contribution in [2.45, 2.75) is 11.8 Å². The van der Waals surface area contributed by atoms with Gasteiger partial charge in [0.2, 0.25) is 0 Å². The summed E-state index contributed by atoms with van der Waals surface area (Å²) in [6, 6.07) is 0. The molecule has 0 N–H and O–H groups in total. The van der Waals surface area contributed by atoms with Crippen molar-refractivity contribution < 1.29 is 9.41 Å². The van der Waals surface area contributed by atoms with Gasteiger partial charge in [0.15, 0.2) is 0 Å². The zero-order valence-electron chi connectivity index (χ0n) is 3.15. The first-order chi connectivity index (χ1) is 1.73. The minimum Gasteiger partial charge on any atom is -0.269 e. The van der Waals surface area contributed by atoms with Gasteiger partial charge >= 0.3 is 0 Å². The average Bonchev–Trinajstić information content (AvgIpc) is 0.811. The first-order valence-corrected chi connectivity index (χ1v) is 1.89. The monoisotopic (exact) mass is 138 g/mol. The number of alkyl halides is 2. The molecule has 6 heavy (non-hydrogen) atoms. The van der Waals surface area contributed by atoms with Crippen molar-refractivity contribution in [1.82, 2.24) is 0 Å². The highest BCUT2D eigenvalue weighted by Gasteiger charge is 1.75. The van der Waals surface area contributed by atoms with Crippen LogP contribution in [0.2, 0.25) is 0 Å². The zero-order chi connectivity index (χ0) is 3.58. The summed E-state index contributed by atoms with van der Waals surface area (Å²) >= 11 is 10.1. The molecule has 0 unspecified atom stereocenters. The van der Waals surface area contributed by atoms with E-state index in [9.17, 15) is 0 Å². The molecule has 0 bridgehead atoms. The SMILES string of the molecule is CC(Cl)Cl.F.F. The van der Waals surface area contributed by atoms with Crippen LogP contribution < -0.4 is 0 Å². The third-order valence-corrected chi connectivity index (χ3v) is 0. The molecule has 0 spiro atoms. The van der Waals surface area contributed by atoms with Gasteiger partial charge in [0.25, 0.3) is 0 Å². The Morgan fingerprint density at radius 3 is 1.17 bits per heavy atom. The Bertz CT molecular complexity index is 14.3. The predicted molar refractivity (Wildman–Crippen MR) is 26.2 cm³/mol. The van der Waals surface area contributed by atoms with E-state index in [2.05, 4.69) is 0 Å². The molecule has 0 aromatic carbocycles. The molecule has 0 saturated heterocycles. The maximum absolute atomic E-state index is 5.04. The summed E-state index contributed by atoms with van der Waals surface area (Å²) in [6.45, 7) is 1.70. The smallest absolute Gasteiger partial charge is 0.105 e. The lowest BCUT2D eigenvalue weighted by molar-refractivity contribution is 1.11. The maximum Gasteiger partial charge on any atom is 0.105 e. The Morgan fingerprint density at radius 2 is 1.17 bits per heavy atom. The number of halogens is 4. The summed E-state index contributed by atoms with van der Waals surface area (Å²) < 4.78 is 0. The van der Waals surface area contributed by atoms with E-state index in [1.54, 1.807) is 6.92 Å². The van der Waals surface area contributed by atoms with Crippen LogP contribution in [0.5, 0.6) is 0 Å². The minimum atomic E-state index is -0.222. The summed E-state index contributed by atoms with van der Waals surface area (Å²) in [6.07, 6.45) is 0. The Labute approximate surface area is 45.2 Å². The van der Waals surface area contributed by atoms with Crippen LogP contribution in [0.3, 0.4) is 0 Å². The molecule has 0 heterocycles. The molecule has 0 atom stereocenters. The van der Waals surface area contributed by atoms with Gasteiger partial charge in [0.05, 0.1) is 0 Å². The zero-order valence-corrected chi connectivity index (χ0v) is 4.66. The standard InChI is InChI=1S/C2H4Cl2.2FH/c1-2(3)4;;/h2H,1H3;2*1H. The highest BCUT2D eigenvalue weighted by molar-refractivity contribution is 6.43. The lowest BCUT2D eigenvalue weighted by atomic mass is 11.0. The fourth-order valence-electron chi connectivity index (χ4n) is 0. The lowest BCUT2D eigenvalue weighted by Gasteiger charge is -1.72. The topological polar surface area (TPSA) is 0 Å². The van der Waals surface area contributed by atoms with E-state index in [0.29, 0.717) is 0 Å². The normalized spacial score (nSPS) is 6.00. The number of rotatable bonds is 0. The van der Waals surface area contributed by atoms with Crippen molar-refractivity contribution in [1.29, 1.82) is 0 Å². The van der Waals surface area contributed by atoms with E-state index in [4.69, 9.17) is 23.2 Å². The van der Waals surface area contributed by atoms with Gasteiger partial charge in [-0.15, -0.1) is 23.2 Å². The van der Waals surface area contributed by atoms with E-state index in [1.807, 2.05) is 0 Å². The summed E-state index contributed by atoms with van der Waals surface area (Å²) in [7, 11) is 0. The molecule has 0 nitrogen and oxygen atoms in total. The Hall–Kier alpha value is 0.440. The number of hydrogen-bond acceptors (Lipinski definition) is 0. The summed E-state index contributed by atoms with van der Waals surface area (Å²) in [5.41, 5.74) is 0. The minimum absolute atomic E-state index is 0. The molecule has 0 radical (unpaired) electrons. The molecular weight excluding hydrogens is 133 g/mol. The predicted octanol–water partition coefficient (Wildman–Crippen LogP) is 2.12. The first-order valence-electron chi connectivity index (χ1n) is 1.01. The molecule has 0 fully saturated rings. The van der Waals surface area contributed by atoms with E-state index in [1.165, 1.54) is 0 Å². The van der Waals surface area contributed by atoms with Gasteiger partial charge in [-0.1, -0.05) is 0 Å². The Balaban J connectivity index is -0.0000000450. The lowest BCUT2D eigenvalue weighted by Crippen LogP contribution is -1.63. The second-order valence-corrected chi connectivity index (χ2v) is 2.05. The molecular formula is C2H6Cl2F2. The van der Waals surface area contributed by atoms with Gasteiger partial charge in [-0.3, -0.25) is 9.41 Å². The van der Waals surface area contributed by atoms with Gasteiger partial charge in [-0.25, -0.2) is 0 Å². The molecule has 0 amide bonds. The van der Waals surface area contributed by atoms with Crippen molar-refractivity contribution in [3.05, 3.63) is 0 Å². The Morgan fingerprint density at radius 1 is 1.17 bits per heavy atom. The molecule has 42 valence electrons. The molecule has 0 aliphatic carbocycles. The highest BCUT2D eigenvalue weighted by atomic mass is 35.5. The van der Waals surface area contributed by atoms with Gasteiger partial charge in [0.1, 0.15) is 4.84 Å². The fourth-order valence-corrected chi connectivity index (χ4v) is 0. The maximum atomic E-state index is 5.04. The van der Waals surface area contributed by atoms with E-state index < -0.39 is 0 Å². The fraction of sp³-hybridized carbons (Fsp3) is 1.00. The van der Waals surface area contributed by atoms with Crippen molar-refractivity contribution >= 4 is 23.2 Å². The van der Waals surface area contributed by atoms with E-state index in [0.717, 1.165) is 0 Å². The van der Waals surface area contributed by atoms with E-state index >= 15 is 0 Å². The molecule has 0 aliphatic rings. The second-order valence-electron chi connectivity index (χ2n) is 0.519. The quantitative estimate of drug-likeness (QED) is 0.451. The first kappa shape index (κ1) is 16.1. The van der Waals surface area contributed by atoms with Crippen LogP contribution in [-0.4, -0.2) is 4.84 Å². The molecule has 0 aliphatic heterocycles. The molecule has 0 saturated carbocycles. The molecule has 0 aromatic rings. The molecule has 0 rings (SSSR count). The van der Waals surface area contributed by atoms with Crippen molar-refractivity contribution in [2.24, 2.45) is 0 Å². The van der Waals surface area contributed by atoms with Crippen molar-refractivity contribution in [3.8, 4) is 0 Å². The molecule has 4 heteroatoms. The third kappa shape index (κ3) is 271. The Kier molecular flexibility index (Phi) is 24.3. The van der Waals surface area contributed by atoms with Crippen LogP contribution in [0.1, 0.15) is 6.92 Å². The van der Waals surface area contributed by atoms with Crippen LogP contribution in [0, 0.1) is 0 Å². The van der Waals surface area contributed by atoms with Crippen molar-refractivity contribution in [2.75, 3.05) is 0 Å². The van der Waals surface area contributed by atoms with Crippen LogP contribution >= 0.6 is 23.2 Å². The van der Waals surface area contributed by atoms with Crippen LogP contribution in [0.25, 0.3) is 0 Å². The summed E-state index contributed by atoms with van der Waals surface area (Å²) in [5, 5.41) is 0. The summed E-state index contributed by atoms with van der Waals surface area (Å²) in [5.74, 6) is 0. The molecule has 0 aromatic heterocycles. The largest absolute Gasteiger partial charge is 0.269 e.